The summed E-state index contributed by atoms with van der Waals surface area (Å²) in [5, 5.41) is 0. The molecular formula is C27H49F. The van der Waals surface area contributed by atoms with Crippen LogP contribution in [-0.2, 0) is 0 Å². The van der Waals surface area contributed by atoms with Crippen LogP contribution in [0, 0.1) is 47.3 Å². The molecule has 0 spiro atoms. The lowest BCUT2D eigenvalue weighted by Crippen LogP contribution is -2.35. The maximum atomic E-state index is 15.1. The molecule has 1 heteroatoms. The highest BCUT2D eigenvalue weighted by Crippen LogP contribution is 2.47. The molecule has 0 aromatic rings. The highest BCUT2D eigenvalue weighted by atomic mass is 19.1. The van der Waals surface area contributed by atoms with Crippen molar-refractivity contribution in [1.29, 1.82) is 0 Å². The minimum absolute atomic E-state index is 0.348. The Kier molecular flexibility index (Phi) is 8.73. The molecule has 5 unspecified atom stereocenters. The highest BCUT2D eigenvalue weighted by Gasteiger charge is 2.39. The third kappa shape index (κ3) is 5.98. The van der Waals surface area contributed by atoms with Gasteiger partial charge in [0.15, 0.2) is 0 Å². The van der Waals surface area contributed by atoms with Crippen LogP contribution in [-0.4, -0.2) is 6.17 Å². The molecular weight excluding hydrogens is 343 g/mol. The molecule has 0 heterocycles. The number of alkyl halides is 1. The molecule has 0 saturated heterocycles. The number of rotatable bonds is 7. The zero-order chi connectivity index (χ0) is 20.1. The van der Waals surface area contributed by atoms with Gasteiger partial charge in [-0.2, -0.15) is 0 Å². The van der Waals surface area contributed by atoms with E-state index in [1.165, 1.54) is 77.0 Å². The molecule has 0 aliphatic heterocycles. The molecule has 3 aliphatic carbocycles. The molecule has 0 radical (unpaired) electrons. The average Bonchev–Trinajstić information content (AvgIpc) is 2.72. The third-order valence-electron chi connectivity index (χ3n) is 9.62. The first-order chi connectivity index (χ1) is 13.5. The zero-order valence-electron chi connectivity index (χ0n) is 19.5. The van der Waals surface area contributed by atoms with Crippen molar-refractivity contribution in [1.82, 2.24) is 0 Å². The third-order valence-corrected chi connectivity index (χ3v) is 9.62. The quantitative estimate of drug-likeness (QED) is 0.406. The van der Waals surface area contributed by atoms with Crippen LogP contribution in [0.1, 0.15) is 118 Å². The van der Waals surface area contributed by atoms with E-state index in [1.54, 1.807) is 0 Å². The summed E-state index contributed by atoms with van der Waals surface area (Å²) in [5.74, 6) is 6.26. The van der Waals surface area contributed by atoms with E-state index in [9.17, 15) is 0 Å². The van der Waals surface area contributed by atoms with E-state index < -0.39 is 6.17 Å². The van der Waals surface area contributed by atoms with Crippen LogP contribution in [0.25, 0.3) is 0 Å². The van der Waals surface area contributed by atoms with Gasteiger partial charge in [-0.3, -0.25) is 0 Å². The van der Waals surface area contributed by atoms with Gasteiger partial charge >= 0.3 is 0 Å². The molecule has 5 atom stereocenters. The molecule has 0 N–H and O–H groups in total. The molecule has 0 amide bonds. The average molecular weight is 393 g/mol. The Labute approximate surface area is 175 Å². The van der Waals surface area contributed by atoms with E-state index in [1.807, 2.05) is 0 Å². The van der Waals surface area contributed by atoms with Crippen molar-refractivity contribution < 1.29 is 4.39 Å². The van der Waals surface area contributed by atoms with Gasteiger partial charge in [-0.05, 0) is 105 Å². The monoisotopic (exact) mass is 392 g/mol. The van der Waals surface area contributed by atoms with E-state index in [2.05, 4.69) is 27.7 Å². The van der Waals surface area contributed by atoms with Gasteiger partial charge in [0.25, 0.3) is 0 Å². The van der Waals surface area contributed by atoms with Gasteiger partial charge < -0.3 is 0 Å². The first-order valence-corrected chi connectivity index (χ1v) is 13.1. The van der Waals surface area contributed by atoms with Gasteiger partial charge in [-0.15, -0.1) is 0 Å². The van der Waals surface area contributed by atoms with Crippen LogP contribution in [0.15, 0.2) is 0 Å². The van der Waals surface area contributed by atoms with E-state index >= 15 is 4.39 Å². The van der Waals surface area contributed by atoms with Gasteiger partial charge in [-0.25, -0.2) is 4.39 Å². The standard InChI is InChI=1S/C27H49F/c1-5-19(2)6-9-21(4)26-17-16-25(18-27(26)28)24-14-12-23(13-15-24)22-10-7-20(3)8-11-22/h19-27H,5-18H2,1-4H3. The van der Waals surface area contributed by atoms with Crippen molar-refractivity contribution in [2.24, 2.45) is 47.3 Å². The lowest BCUT2D eigenvalue weighted by atomic mass is 9.64. The van der Waals surface area contributed by atoms with Gasteiger partial charge in [0.1, 0.15) is 6.17 Å². The fourth-order valence-electron chi connectivity index (χ4n) is 7.05. The summed E-state index contributed by atoms with van der Waals surface area (Å²) in [5.41, 5.74) is 0. The maximum absolute atomic E-state index is 15.1. The first-order valence-electron chi connectivity index (χ1n) is 13.1. The van der Waals surface area contributed by atoms with Crippen molar-refractivity contribution in [3.63, 3.8) is 0 Å². The maximum Gasteiger partial charge on any atom is 0.103 e. The lowest BCUT2D eigenvalue weighted by Gasteiger charge is -2.43. The summed E-state index contributed by atoms with van der Waals surface area (Å²) in [6.07, 6.45) is 18.2. The summed E-state index contributed by atoms with van der Waals surface area (Å²) in [7, 11) is 0. The Morgan fingerprint density at radius 2 is 1.21 bits per heavy atom. The smallest absolute Gasteiger partial charge is 0.103 e. The molecule has 0 aromatic carbocycles. The van der Waals surface area contributed by atoms with Crippen LogP contribution in [0.3, 0.4) is 0 Å². The Morgan fingerprint density at radius 1 is 0.714 bits per heavy atom. The minimum atomic E-state index is -0.525. The molecule has 3 fully saturated rings. The second kappa shape index (κ2) is 10.8. The number of hydrogen-bond donors (Lipinski definition) is 0. The van der Waals surface area contributed by atoms with Crippen LogP contribution in [0.5, 0.6) is 0 Å². The van der Waals surface area contributed by atoms with E-state index in [4.69, 9.17) is 0 Å². The summed E-state index contributed by atoms with van der Waals surface area (Å²) in [6.45, 7) is 9.39. The number of halogens is 1. The molecule has 3 saturated carbocycles. The van der Waals surface area contributed by atoms with Gasteiger partial charge in [0.2, 0.25) is 0 Å². The van der Waals surface area contributed by atoms with E-state index in [0.717, 1.165) is 42.4 Å². The summed E-state index contributed by atoms with van der Waals surface area (Å²) in [6, 6.07) is 0. The molecule has 3 aliphatic rings. The van der Waals surface area contributed by atoms with Crippen molar-refractivity contribution in [2.75, 3.05) is 0 Å². The largest absolute Gasteiger partial charge is 0.247 e. The molecule has 28 heavy (non-hydrogen) atoms. The minimum Gasteiger partial charge on any atom is -0.247 e. The topological polar surface area (TPSA) is 0 Å². The van der Waals surface area contributed by atoms with Crippen molar-refractivity contribution in [2.45, 2.75) is 124 Å². The number of hydrogen-bond acceptors (Lipinski definition) is 0. The van der Waals surface area contributed by atoms with Crippen LogP contribution in [0.2, 0.25) is 0 Å². The predicted molar refractivity (Wildman–Crippen MR) is 120 cm³/mol. The van der Waals surface area contributed by atoms with E-state index in [-0.39, 0.29) is 0 Å². The van der Waals surface area contributed by atoms with Gasteiger partial charge in [0, 0.05) is 0 Å². The molecule has 0 nitrogen and oxygen atoms in total. The second-order valence-corrected chi connectivity index (χ2v) is 11.5. The Hall–Kier alpha value is -0.0700. The van der Waals surface area contributed by atoms with Crippen molar-refractivity contribution in [3.05, 3.63) is 0 Å². The normalized spacial score (nSPS) is 42.1. The first kappa shape index (κ1) is 22.6. The summed E-state index contributed by atoms with van der Waals surface area (Å²) < 4.78 is 15.1. The lowest BCUT2D eigenvalue weighted by molar-refractivity contribution is 0.0426. The summed E-state index contributed by atoms with van der Waals surface area (Å²) in [4.78, 5) is 0. The second-order valence-electron chi connectivity index (χ2n) is 11.5. The SMILES string of the molecule is CCC(C)CCC(C)C1CCC(C2CCC(C3CCC(C)CC3)CC2)CC1F. The Bertz CT molecular complexity index is 430. The van der Waals surface area contributed by atoms with E-state index in [0.29, 0.717) is 17.8 Å². The van der Waals surface area contributed by atoms with Crippen molar-refractivity contribution in [3.8, 4) is 0 Å². The molecule has 3 rings (SSSR count). The zero-order valence-corrected chi connectivity index (χ0v) is 19.5. The van der Waals surface area contributed by atoms with Crippen LogP contribution >= 0.6 is 0 Å². The van der Waals surface area contributed by atoms with Crippen molar-refractivity contribution >= 4 is 0 Å². The Morgan fingerprint density at radius 3 is 1.75 bits per heavy atom. The van der Waals surface area contributed by atoms with Crippen LogP contribution in [0.4, 0.5) is 4.39 Å². The van der Waals surface area contributed by atoms with Gasteiger partial charge in [0.05, 0.1) is 0 Å². The summed E-state index contributed by atoms with van der Waals surface area (Å²) >= 11 is 0. The fraction of sp³-hybridized carbons (Fsp3) is 1.00. The van der Waals surface area contributed by atoms with Gasteiger partial charge in [-0.1, -0.05) is 59.8 Å². The molecule has 164 valence electrons. The molecule has 0 aromatic heterocycles. The fourth-order valence-corrected chi connectivity index (χ4v) is 7.05. The Balaban J connectivity index is 1.40. The predicted octanol–water partition coefficient (Wildman–Crippen LogP) is 8.84. The highest BCUT2D eigenvalue weighted by molar-refractivity contribution is 4.89. The van der Waals surface area contributed by atoms with Crippen LogP contribution < -0.4 is 0 Å². The molecule has 0 bridgehead atoms.